The summed E-state index contributed by atoms with van der Waals surface area (Å²) in [6, 6.07) is 14.1. The molecule has 3 aromatic rings. The molecule has 0 radical (unpaired) electrons. The van der Waals surface area contributed by atoms with Gasteiger partial charge >= 0.3 is 5.97 Å². The number of hydrogen-bond donors (Lipinski definition) is 2. The number of pyridine rings is 1. The number of esters is 1. The molecular formula is C26H27N3O4. The average Bonchev–Trinajstić information content (AvgIpc) is 2.86. The molecule has 0 spiro atoms. The van der Waals surface area contributed by atoms with Gasteiger partial charge in [0.15, 0.2) is 0 Å². The van der Waals surface area contributed by atoms with Crippen LogP contribution in [0.25, 0.3) is 10.9 Å². The smallest absolute Gasteiger partial charge is 0.337 e. The lowest BCUT2D eigenvalue weighted by atomic mass is 9.88. The van der Waals surface area contributed by atoms with Crippen LogP contribution in [0.5, 0.6) is 0 Å². The number of amides is 2. The largest absolute Gasteiger partial charge is 0.465 e. The maximum atomic E-state index is 12.7. The maximum absolute atomic E-state index is 12.7. The lowest BCUT2D eigenvalue weighted by Gasteiger charge is -2.21. The number of nitrogens with zero attached hydrogens (tertiary/aromatic N) is 1. The number of methoxy groups -OCH3 is 1. The number of hydrogen-bond acceptors (Lipinski definition) is 5. The van der Waals surface area contributed by atoms with Crippen LogP contribution in [0.1, 0.15) is 58.4 Å². The molecule has 2 amide bonds. The summed E-state index contributed by atoms with van der Waals surface area (Å²) in [4.78, 5) is 41.8. The Bertz CT molecular complexity index is 1190. The van der Waals surface area contributed by atoms with Crippen LogP contribution in [0.15, 0.2) is 54.7 Å². The Balaban J connectivity index is 1.49. The predicted molar refractivity (Wildman–Crippen MR) is 126 cm³/mol. The molecule has 1 saturated carbocycles. The fourth-order valence-electron chi connectivity index (χ4n) is 4.21. The minimum Gasteiger partial charge on any atom is -0.465 e. The van der Waals surface area contributed by atoms with E-state index in [2.05, 4.69) is 15.6 Å². The number of ether oxygens (including phenoxy) is 1. The van der Waals surface area contributed by atoms with Crippen LogP contribution >= 0.6 is 0 Å². The highest BCUT2D eigenvalue weighted by atomic mass is 16.5. The molecule has 1 heterocycles. The first kappa shape index (κ1) is 22.5. The first-order valence-corrected chi connectivity index (χ1v) is 11.2. The topological polar surface area (TPSA) is 97.4 Å². The van der Waals surface area contributed by atoms with E-state index in [9.17, 15) is 14.4 Å². The van der Waals surface area contributed by atoms with E-state index in [0.717, 1.165) is 36.6 Å². The van der Waals surface area contributed by atoms with E-state index in [1.807, 2.05) is 12.1 Å². The monoisotopic (exact) mass is 445 g/mol. The number of carbonyl (C=O) groups is 3. The number of fused-ring (bicyclic) bond motifs is 1. The molecule has 0 bridgehead atoms. The van der Waals surface area contributed by atoms with E-state index >= 15 is 0 Å². The summed E-state index contributed by atoms with van der Waals surface area (Å²) in [6.07, 6.45) is 6.75. The number of carbonyl (C=O) groups excluding carboxylic acids is 3. The van der Waals surface area contributed by atoms with E-state index in [1.165, 1.54) is 13.5 Å². The molecular weight excluding hydrogens is 418 g/mol. The highest BCUT2D eigenvalue weighted by Crippen LogP contribution is 2.26. The minimum absolute atomic E-state index is 0.00826. The molecule has 0 aliphatic heterocycles. The first-order valence-electron chi connectivity index (χ1n) is 11.2. The van der Waals surface area contributed by atoms with Crippen molar-refractivity contribution in [2.24, 2.45) is 5.92 Å². The van der Waals surface area contributed by atoms with Gasteiger partial charge in [-0.05, 0) is 60.9 Å². The van der Waals surface area contributed by atoms with Crippen molar-refractivity contribution < 1.29 is 19.1 Å². The van der Waals surface area contributed by atoms with Crippen molar-refractivity contribution in [2.75, 3.05) is 12.4 Å². The Hall–Kier alpha value is -3.74. The Morgan fingerprint density at radius 3 is 2.61 bits per heavy atom. The van der Waals surface area contributed by atoms with Crippen molar-refractivity contribution in [1.29, 1.82) is 0 Å². The third kappa shape index (κ3) is 5.55. The molecule has 2 N–H and O–H groups in total. The normalized spacial score (nSPS) is 14.0. The number of anilines is 1. The van der Waals surface area contributed by atoms with Gasteiger partial charge in [-0.3, -0.25) is 14.6 Å². The molecule has 170 valence electrons. The van der Waals surface area contributed by atoms with Crippen molar-refractivity contribution >= 4 is 34.4 Å². The van der Waals surface area contributed by atoms with Gasteiger partial charge < -0.3 is 15.4 Å². The van der Waals surface area contributed by atoms with E-state index in [0.29, 0.717) is 22.4 Å². The summed E-state index contributed by atoms with van der Waals surface area (Å²) >= 11 is 0. The number of benzene rings is 2. The molecule has 0 saturated heterocycles. The molecule has 0 unspecified atom stereocenters. The molecule has 33 heavy (non-hydrogen) atoms. The Morgan fingerprint density at radius 2 is 1.82 bits per heavy atom. The summed E-state index contributed by atoms with van der Waals surface area (Å²) in [7, 11) is 1.31. The van der Waals surface area contributed by atoms with Crippen molar-refractivity contribution in [1.82, 2.24) is 10.3 Å². The van der Waals surface area contributed by atoms with Crippen molar-refractivity contribution in [3.8, 4) is 0 Å². The molecule has 1 aromatic heterocycles. The predicted octanol–water partition coefficient (Wildman–Crippen LogP) is 4.47. The number of aromatic nitrogens is 1. The van der Waals surface area contributed by atoms with E-state index < -0.39 is 5.97 Å². The molecule has 4 rings (SSSR count). The average molecular weight is 446 g/mol. The molecule has 7 heteroatoms. The summed E-state index contributed by atoms with van der Waals surface area (Å²) < 4.78 is 4.86. The third-order valence-corrected chi connectivity index (χ3v) is 5.98. The molecule has 1 fully saturated rings. The van der Waals surface area contributed by atoms with Gasteiger partial charge in [-0.1, -0.05) is 25.3 Å². The lowest BCUT2D eigenvalue weighted by Crippen LogP contribution is -2.25. The van der Waals surface area contributed by atoms with Crippen LogP contribution in [-0.4, -0.2) is 29.9 Å². The Kier molecular flexibility index (Phi) is 6.98. The molecule has 1 aliphatic carbocycles. The highest BCUT2D eigenvalue weighted by Gasteiger charge is 2.21. The summed E-state index contributed by atoms with van der Waals surface area (Å²) in [5.41, 5.74) is 2.87. The number of nitrogens with one attached hydrogen (secondary N) is 2. The lowest BCUT2D eigenvalue weighted by molar-refractivity contribution is -0.120. The van der Waals surface area contributed by atoms with Gasteiger partial charge in [0.1, 0.15) is 0 Å². The van der Waals surface area contributed by atoms with Gasteiger partial charge in [0.2, 0.25) is 5.91 Å². The van der Waals surface area contributed by atoms with E-state index in [-0.39, 0.29) is 24.3 Å². The zero-order valence-electron chi connectivity index (χ0n) is 18.6. The molecule has 7 nitrogen and oxygen atoms in total. The van der Waals surface area contributed by atoms with Gasteiger partial charge in [0.25, 0.3) is 5.91 Å². The molecule has 1 aliphatic rings. The molecule has 2 aromatic carbocycles. The third-order valence-electron chi connectivity index (χ3n) is 5.98. The van der Waals surface area contributed by atoms with Gasteiger partial charge in [-0.25, -0.2) is 4.79 Å². The standard InChI is InChI=1S/C26H27N3O4/c1-33-26(32)21-12-17(13-22(15-21)29-25(31)18-6-3-2-4-7-18)16-28-24(30)20-9-10-23-19(14-20)8-5-11-27-23/h5,8-15,18H,2-4,6-7,16H2,1H3,(H,28,30)(H,29,31). The maximum Gasteiger partial charge on any atom is 0.337 e. The van der Waals surface area contributed by atoms with Gasteiger partial charge in [0, 0.05) is 35.3 Å². The van der Waals surface area contributed by atoms with Crippen LogP contribution in [0, 0.1) is 5.92 Å². The van der Waals surface area contributed by atoms with Crippen molar-refractivity contribution in [2.45, 2.75) is 38.6 Å². The van der Waals surface area contributed by atoms with Gasteiger partial charge in [0.05, 0.1) is 18.2 Å². The van der Waals surface area contributed by atoms with Gasteiger partial charge in [-0.2, -0.15) is 0 Å². The second-order valence-electron chi connectivity index (χ2n) is 8.33. The Labute approximate surface area is 192 Å². The van der Waals surface area contributed by atoms with E-state index in [4.69, 9.17) is 4.74 Å². The van der Waals surface area contributed by atoms with Gasteiger partial charge in [-0.15, -0.1) is 0 Å². The molecule has 0 atom stereocenters. The second kappa shape index (κ2) is 10.3. The van der Waals surface area contributed by atoms with Crippen LogP contribution in [0.4, 0.5) is 5.69 Å². The Morgan fingerprint density at radius 1 is 1.00 bits per heavy atom. The summed E-state index contributed by atoms with van der Waals surface area (Å²) in [5, 5.41) is 6.71. The zero-order valence-corrected chi connectivity index (χ0v) is 18.6. The zero-order chi connectivity index (χ0) is 23.2. The van der Waals surface area contributed by atoms with Crippen molar-refractivity contribution in [3.05, 3.63) is 71.4 Å². The highest BCUT2D eigenvalue weighted by molar-refractivity contribution is 5.98. The van der Waals surface area contributed by atoms with Crippen LogP contribution in [0.2, 0.25) is 0 Å². The van der Waals surface area contributed by atoms with Crippen LogP contribution < -0.4 is 10.6 Å². The van der Waals surface area contributed by atoms with Crippen LogP contribution in [-0.2, 0) is 16.1 Å². The van der Waals surface area contributed by atoms with E-state index in [1.54, 1.807) is 42.6 Å². The quantitative estimate of drug-likeness (QED) is 0.546. The summed E-state index contributed by atoms with van der Waals surface area (Å²) in [5.74, 6) is -0.780. The van der Waals surface area contributed by atoms with Crippen molar-refractivity contribution in [3.63, 3.8) is 0 Å². The first-order chi connectivity index (χ1) is 16.0. The number of rotatable bonds is 6. The summed E-state index contributed by atoms with van der Waals surface area (Å²) in [6.45, 7) is 0.195. The SMILES string of the molecule is COC(=O)c1cc(CNC(=O)c2ccc3ncccc3c2)cc(NC(=O)C2CCCCC2)c1. The fraction of sp³-hybridized carbons (Fsp3) is 0.308. The fourth-order valence-corrected chi connectivity index (χ4v) is 4.21. The second-order valence-corrected chi connectivity index (χ2v) is 8.33. The minimum atomic E-state index is -0.502. The van der Waals surface area contributed by atoms with Crippen LogP contribution in [0.3, 0.4) is 0 Å².